The third-order valence-electron chi connectivity index (χ3n) is 4.89. The maximum atomic E-state index is 12.6. The smallest absolute Gasteiger partial charge is 0.225 e. The Bertz CT molecular complexity index is 689. The van der Waals surface area contributed by atoms with Gasteiger partial charge in [0.2, 0.25) is 5.91 Å². The fraction of sp³-hybridized carbons (Fsp3) is 0.500. The van der Waals surface area contributed by atoms with Gasteiger partial charge < -0.3 is 15.6 Å². The minimum absolute atomic E-state index is 0.0209. The van der Waals surface area contributed by atoms with Crippen molar-refractivity contribution in [2.24, 2.45) is 5.92 Å². The van der Waals surface area contributed by atoms with Gasteiger partial charge in [-0.2, -0.15) is 0 Å². The van der Waals surface area contributed by atoms with E-state index in [0.717, 1.165) is 69.2 Å². The molecule has 0 saturated carbocycles. The number of hydrogen-bond acceptors (Lipinski definition) is 4. The summed E-state index contributed by atoms with van der Waals surface area (Å²) >= 11 is 5.96. The van der Waals surface area contributed by atoms with Gasteiger partial charge in [0.05, 0.1) is 12.2 Å². The molecule has 2 aromatic rings. The van der Waals surface area contributed by atoms with E-state index in [9.17, 15) is 4.79 Å². The second kappa shape index (κ2) is 10.4. The van der Waals surface area contributed by atoms with Crippen LogP contribution in [0.15, 0.2) is 36.8 Å². The molecule has 0 spiro atoms. The van der Waals surface area contributed by atoms with Crippen LogP contribution < -0.4 is 10.6 Å². The van der Waals surface area contributed by atoms with E-state index < -0.39 is 0 Å². The quantitative estimate of drug-likeness (QED) is 0.605. The third-order valence-corrected chi connectivity index (χ3v) is 5.14. The standard InChI is InChI=1S/C20H28ClN5O/c21-18-6-4-16(5-7-18)13-26-10-9-22-11-17(14-26)20(27)24-8-2-1-3-19-12-23-15-25-19/h4-7,12,15,17,22H,1-3,8-11,13-14H2,(H,23,25)(H,24,27). The predicted octanol–water partition coefficient (Wildman–Crippen LogP) is 2.22. The van der Waals surface area contributed by atoms with Gasteiger partial charge in [0, 0.05) is 56.2 Å². The Balaban J connectivity index is 1.40. The Hall–Kier alpha value is -1.89. The number of aromatic amines is 1. The van der Waals surface area contributed by atoms with Crippen molar-refractivity contribution < 1.29 is 4.79 Å². The minimum Gasteiger partial charge on any atom is -0.356 e. The van der Waals surface area contributed by atoms with E-state index in [1.807, 2.05) is 18.3 Å². The highest BCUT2D eigenvalue weighted by molar-refractivity contribution is 6.30. The van der Waals surface area contributed by atoms with E-state index in [1.165, 1.54) is 5.56 Å². The normalized spacial score (nSPS) is 18.2. The van der Waals surface area contributed by atoms with Crippen LogP contribution in [0.4, 0.5) is 0 Å². The summed E-state index contributed by atoms with van der Waals surface area (Å²) in [7, 11) is 0. The molecule has 0 bridgehead atoms. The molecule has 3 rings (SSSR count). The van der Waals surface area contributed by atoms with Gasteiger partial charge in [-0.1, -0.05) is 23.7 Å². The molecule has 6 nitrogen and oxygen atoms in total. The van der Waals surface area contributed by atoms with Crippen molar-refractivity contribution in [3.63, 3.8) is 0 Å². The highest BCUT2D eigenvalue weighted by atomic mass is 35.5. The summed E-state index contributed by atoms with van der Waals surface area (Å²) < 4.78 is 0. The molecule has 3 N–H and O–H groups in total. The van der Waals surface area contributed by atoms with Crippen LogP contribution in [0.2, 0.25) is 5.02 Å². The maximum Gasteiger partial charge on any atom is 0.225 e. The lowest BCUT2D eigenvalue weighted by atomic mass is 10.1. The number of imidazole rings is 1. The molecule has 1 saturated heterocycles. The van der Waals surface area contributed by atoms with Gasteiger partial charge >= 0.3 is 0 Å². The fourth-order valence-electron chi connectivity index (χ4n) is 3.37. The fourth-order valence-corrected chi connectivity index (χ4v) is 3.49. The summed E-state index contributed by atoms with van der Waals surface area (Å²) in [4.78, 5) is 22.0. The zero-order valence-electron chi connectivity index (χ0n) is 15.6. The summed E-state index contributed by atoms with van der Waals surface area (Å²) in [5, 5.41) is 7.24. The van der Waals surface area contributed by atoms with Crippen LogP contribution in [0.25, 0.3) is 0 Å². The zero-order valence-corrected chi connectivity index (χ0v) is 16.3. The minimum atomic E-state index is -0.0209. The van der Waals surface area contributed by atoms with Gasteiger partial charge in [-0.15, -0.1) is 0 Å². The van der Waals surface area contributed by atoms with Crippen LogP contribution in [0.3, 0.4) is 0 Å². The molecule has 1 fully saturated rings. The number of carbonyl (C=O) groups excluding carboxylic acids is 1. The van der Waals surface area contributed by atoms with Gasteiger partial charge in [0.1, 0.15) is 0 Å². The van der Waals surface area contributed by atoms with E-state index >= 15 is 0 Å². The summed E-state index contributed by atoms with van der Waals surface area (Å²) in [5.74, 6) is 0.124. The number of aromatic nitrogens is 2. The van der Waals surface area contributed by atoms with E-state index in [1.54, 1.807) is 6.33 Å². The number of rotatable bonds is 8. The second-order valence-electron chi connectivity index (χ2n) is 7.09. The molecular weight excluding hydrogens is 362 g/mol. The SMILES string of the molecule is O=C(NCCCCc1cnc[nH]1)C1CNCCN(Cc2ccc(Cl)cc2)C1. The van der Waals surface area contributed by atoms with Gasteiger partial charge in [-0.3, -0.25) is 9.69 Å². The lowest BCUT2D eigenvalue weighted by Gasteiger charge is -2.23. The number of benzene rings is 1. The number of amides is 1. The largest absolute Gasteiger partial charge is 0.356 e. The lowest BCUT2D eigenvalue weighted by molar-refractivity contribution is -0.125. The van der Waals surface area contributed by atoms with Crippen LogP contribution >= 0.6 is 11.6 Å². The van der Waals surface area contributed by atoms with Crippen molar-refractivity contribution >= 4 is 17.5 Å². The Morgan fingerprint density at radius 3 is 2.93 bits per heavy atom. The molecule has 1 aliphatic heterocycles. The molecule has 1 amide bonds. The van der Waals surface area contributed by atoms with Crippen molar-refractivity contribution in [2.45, 2.75) is 25.8 Å². The van der Waals surface area contributed by atoms with E-state index in [0.29, 0.717) is 0 Å². The predicted molar refractivity (Wildman–Crippen MR) is 108 cm³/mol. The topological polar surface area (TPSA) is 73.0 Å². The molecule has 0 aliphatic carbocycles. The van der Waals surface area contributed by atoms with Gasteiger partial charge in [-0.05, 0) is 37.0 Å². The van der Waals surface area contributed by atoms with Crippen molar-refractivity contribution in [3.8, 4) is 0 Å². The van der Waals surface area contributed by atoms with Gasteiger partial charge in [0.15, 0.2) is 0 Å². The molecule has 2 heterocycles. The Morgan fingerprint density at radius 1 is 1.30 bits per heavy atom. The Labute approximate surface area is 165 Å². The molecule has 7 heteroatoms. The average molecular weight is 390 g/mol. The highest BCUT2D eigenvalue weighted by Crippen LogP contribution is 2.13. The number of carbonyl (C=O) groups is 1. The number of hydrogen-bond donors (Lipinski definition) is 3. The van der Waals surface area contributed by atoms with Crippen LogP contribution in [-0.4, -0.2) is 53.5 Å². The first-order valence-corrected chi connectivity index (χ1v) is 10.0. The first-order valence-electron chi connectivity index (χ1n) is 9.63. The van der Waals surface area contributed by atoms with E-state index in [2.05, 4.69) is 37.6 Å². The number of halogens is 1. The molecule has 1 aliphatic rings. The number of unbranched alkanes of at least 4 members (excludes halogenated alkanes) is 1. The first-order chi connectivity index (χ1) is 13.2. The molecule has 1 aromatic heterocycles. The molecular formula is C20H28ClN5O. The van der Waals surface area contributed by atoms with E-state index in [-0.39, 0.29) is 11.8 Å². The average Bonchev–Trinajstić information content (AvgIpc) is 3.08. The first kappa shape index (κ1) is 19.9. The molecule has 27 heavy (non-hydrogen) atoms. The van der Waals surface area contributed by atoms with Gasteiger partial charge in [-0.25, -0.2) is 4.98 Å². The molecule has 1 atom stereocenters. The number of nitrogens with zero attached hydrogens (tertiary/aromatic N) is 2. The zero-order chi connectivity index (χ0) is 18.9. The Morgan fingerprint density at radius 2 is 2.15 bits per heavy atom. The Kier molecular flexibility index (Phi) is 7.68. The molecule has 146 valence electrons. The second-order valence-corrected chi connectivity index (χ2v) is 7.52. The van der Waals surface area contributed by atoms with Crippen molar-refractivity contribution in [3.05, 3.63) is 53.1 Å². The monoisotopic (exact) mass is 389 g/mol. The third kappa shape index (κ3) is 6.65. The van der Waals surface area contributed by atoms with Crippen molar-refractivity contribution in [1.29, 1.82) is 0 Å². The van der Waals surface area contributed by atoms with Crippen LogP contribution in [-0.2, 0) is 17.8 Å². The van der Waals surface area contributed by atoms with Crippen molar-refractivity contribution in [2.75, 3.05) is 32.7 Å². The van der Waals surface area contributed by atoms with Crippen LogP contribution in [0.1, 0.15) is 24.1 Å². The number of H-pyrrole nitrogens is 1. The summed E-state index contributed by atoms with van der Waals surface area (Å²) in [6.07, 6.45) is 6.53. The number of aryl methyl sites for hydroxylation is 1. The molecule has 0 radical (unpaired) electrons. The van der Waals surface area contributed by atoms with E-state index in [4.69, 9.17) is 11.6 Å². The van der Waals surface area contributed by atoms with Crippen molar-refractivity contribution in [1.82, 2.24) is 25.5 Å². The molecule has 1 unspecified atom stereocenters. The highest BCUT2D eigenvalue weighted by Gasteiger charge is 2.23. The summed E-state index contributed by atoms with van der Waals surface area (Å²) in [5.41, 5.74) is 2.37. The number of nitrogens with one attached hydrogen (secondary N) is 3. The maximum absolute atomic E-state index is 12.6. The van der Waals surface area contributed by atoms with Gasteiger partial charge in [0.25, 0.3) is 0 Å². The molecule has 1 aromatic carbocycles. The lowest BCUT2D eigenvalue weighted by Crippen LogP contribution is -2.40. The summed E-state index contributed by atoms with van der Waals surface area (Å²) in [6, 6.07) is 7.94. The van der Waals surface area contributed by atoms with Crippen LogP contribution in [0, 0.1) is 5.92 Å². The van der Waals surface area contributed by atoms with Crippen LogP contribution in [0.5, 0.6) is 0 Å². The summed E-state index contributed by atoms with van der Waals surface area (Å²) in [6.45, 7) is 4.91.